The van der Waals surface area contributed by atoms with Crippen molar-refractivity contribution in [2.75, 3.05) is 32.8 Å². The second kappa shape index (κ2) is 9.63. The van der Waals surface area contributed by atoms with Crippen LogP contribution in [-0.2, 0) is 9.53 Å². The van der Waals surface area contributed by atoms with Crippen molar-refractivity contribution in [1.82, 2.24) is 0 Å². The SMILES string of the molecule is COCCOc1cc(C)ccc1NC(=O)C=Cc1cc(C)ccc1OC. The number of anilines is 1. The van der Waals surface area contributed by atoms with Gasteiger partial charge in [-0.2, -0.15) is 0 Å². The summed E-state index contributed by atoms with van der Waals surface area (Å²) in [4.78, 5) is 12.3. The van der Waals surface area contributed by atoms with E-state index in [2.05, 4.69) is 5.32 Å². The summed E-state index contributed by atoms with van der Waals surface area (Å²) < 4.78 is 16.0. The van der Waals surface area contributed by atoms with Gasteiger partial charge in [0.15, 0.2) is 0 Å². The number of benzene rings is 2. The van der Waals surface area contributed by atoms with Gasteiger partial charge >= 0.3 is 0 Å². The van der Waals surface area contributed by atoms with Crippen LogP contribution in [0.5, 0.6) is 11.5 Å². The molecule has 0 radical (unpaired) electrons. The topological polar surface area (TPSA) is 56.8 Å². The van der Waals surface area contributed by atoms with Crippen molar-refractivity contribution in [2.45, 2.75) is 13.8 Å². The van der Waals surface area contributed by atoms with Gasteiger partial charge < -0.3 is 19.5 Å². The van der Waals surface area contributed by atoms with Crippen LogP contribution in [0.15, 0.2) is 42.5 Å². The molecule has 1 amide bonds. The predicted octanol–water partition coefficient (Wildman–Crippen LogP) is 3.99. The molecule has 1 N–H and O–H groups in total. The molecule has 0 saturated carbocycles. The maximum absolute atomic E-state index is 12.3. The monoisotopic (exact) mass is 355 g/mol. The molecule has 26 heavy (non-hydrogen) atoms. The molecule has 0 heterocycles. The van der Waals surface area contributed by atoms with Gasteiger partial charge in [0, 0.05) is 18.7 Å². The Morgan fingerprint density at radius 3 is 2.46 bits per heavy atom. The molecule has 0 aliphatic carbocycles. The maximum Gasteiger partial charge on any atom is 0.248 e. The summed E-state index contributed by atoms with van der Waals surface area (Å²) in [6.45, 7) is 4.86. The normalized spacial score (nSPS) is 10.8. The van der Waals surface area contributed by atoms with E-state index in [1.807, 2.05) is 50.2 Å². The average molecular weight is 355 g/mol. The van der Waals surface area contributed by atoms with E-state index in [-0.39, 0.29) is 5.91 Å². The molecule has 5 heteroatoms. The van der Waals surface area contributed by atoms with Gasteiger partial charge in [-0.1, -0.05) is 17.7 Å². The molecule has 0 unspecified atom stereocenters. The third-order valence-electron chi connectivity index (χ3n) is 3.74. The highest BCUT2D eigenvalue weighted by Crippen LogP contribution is 2.26. The molecular formula is C21H25NO4. The summed E-state index contributed by atoms with van der Waals surface area (Å²) in [5, 5.41) is 2.85. The highest BCUT2D eigenvalue weighted by atomic mass is 16.5. The third kappa shape index (κ3) is 5.63. The van der Waals surface area contributed by atoms with Crippen LogP contribution in [0.4, 0.5) is 5.69 Å². The van der Waals surface area contributed by atoms with Crippen molar-refractivity contribution in [3.63, 3.8) is 0 Å². The molecule has 0 atom stereocenters. The van der Waals surface area contributed by atoms with Crippen LogP contribution >= 0.6 is 0 Å². The first kappa shape index (κ1) is 19.5. The molecule has 2 rings (SSSR count). The molecule has 0 aliphatic rings. The molecule has 2 aromatic carbocycles. The zero-order chi connectivity index (χ0) is 18.9. The van der Waals surface area contributed by atoms with Crippen LogP contribution in [0, 0.1) is 13.8 Å². The summed E-state index contributed by atoms with van der Waals surface area (Å²) in [5.74, 6) is 1.10. The van der Waals surface area contributed by atoms with Crippen molar-refractivity contribution >= 4 is 17.7 Å². The summed E-state index contributed by atoms with van der Waals surface area (Å²) in [6.07, 6.45) is 3.22. The van der Waals surface area contributed by atoms with E-state index in [9.17, 15) is 4.79 Å². The van der Waals surface area contributed by atoms with Crippen molar-refractivity contribution in [1.29, 1.82) is 0 Å². The van der Waals surface area contributed by atoms with Crippen molar-refractivity contribution in [2.24, 2.45) is 0 Å². The number of rotatable bonds is 8. The molecular weight excluding hydrogens is 330 g/mol. The quantitative estimate of drug-likeness (QED) is 0.575. The lowest BCUT2D eigenvalue weighted by Gasteiger charge is -2.12. The zero-order valence-electron chi connectivity index (χ0n) is 15.7. The number of hydrogen-bond donors (Lipinski definition) is 1. The third-order valence-corrected chi connectivity index (χ3v) is 3.74. The number of amides is 1. The fourth-order valence-corrected chi connectivity index (χ4v) is 2.41. The minimum absolute atomic E-state index is 0.242. The molecule has 2 aromatic rings. The molecule has 0 saturated heterocycles. The summed E-state index contributed by atoms with van der Waals surface area (Å²) in [6, 6.07) is 11.5. The summed E-state index contributed by atoms with van der Waals surface area (Å²) in [7, 11) is 3.23. The fourth-order valence-electron chi connectivity index (χ4n) is 2.41. The lowest BCUT2D eigenvalue weighted by Crippen LogP contribution is -2.11. The van der Waals surface area contributed by atoms with Crippen molar-refractivity contribution in [3.8, 4) is 11.5 Å². The summed E-state index contributed by atoms with van der Waals surface area (Å²) >= 11 is 0. The van der Waals surface area contributed by atoms with Gasteiger partial charge in [-0.3, -0.25) is 4.79 Å². The average Bonchev–Trinajstić information content (AvgIpc) is 2.62. The predicted molar refractivity (Wildman–Crippen MR) is 104 cm³/mol. The second-order valence-electron chi connectivity index (χ2n) is 5.91. The smallest absolute Gasteiger partial charge is 0.248 e. The van der Waals surface area contributed by atoms with Gasteiger partial charge in [0.05, 0.1) is 19.4 Å². The Morgan fingerprint density at radius 2 is 1.73 bits per heavy atom. The number of nitrogens with one attached hydrogen (secondary N) is 1. The molecule has 0 aromatic heterocycles. The van der Waals surface area contributed by atoms with Gasteiger partial charge in [0.2, 0.25) is 5.91 Å². The van der Waals surface area contributed by atoms with E-state index in [1.165, 1.54) is 6.08 Å². The highest BCUT2D eigenvalue weighted by Gasteiger charge is 2.07. The number of carbonyl (C=O) groups is 1. The Bertz CT molecular complexity index is 784. The van der Waals surface area contributed by atoms with E-state index >= 15 is 0 Å². The zero-order valence-corrected chi connectivity index (χ0v) is 15.7. The van der Waals surface area contributed by atoms with Gasteiger partial charge in [-0.15, -0.1) is 0 Å². The number of carbonyl (C=O) groups excluding carboxylic acids is 1. The van der Waals surface area contributed by atoms with Crippen LogP contribution in [0.3, 0.4) is 0 Å². The first-order chi connectivity index (χ1) is 12.5. The Hall–Kier alpha value is -2.79. The first-order valence-corrected chi connectivity index (χ1v) is 8.39. The summed E-state index contributed by atoms with van der Waals surface area (Å²) in [5.41, 5.74) is 3.62. The number of aryl methyl sites for hydroxylation is 2. The second-order valence-corrected chi connectivity index (χ2v) is 5.91. The van der Waals surface area contributed by atoms with E-state index < -0.39 is 0 Å². The molecule has 5 nitrogen and oxygen atoms in total. The van der Waals surface area contributed by atoms with E-state index in [0.717, 1.165) is 22.4 Å². The highest BCUT2D eigenvalue weighted by molar-refractivity contribution is 6.03. The van der Waals surface area contributed by atoms with E-state index in [1.54, 1.807) is 20.3 Å². The van der Waals surface area contributed by atoms with E-state index in [0.29, 0.717) is 24.7 Å². The van der Waals surface area contributed by atoms with Gasteiger partial charge in [-0.25, -0.2) is 0 Å². The van der Waals surface area contributed by atoms with E-state index in [4.69, 9.17) is 14.2 Å². The van der Waals surface area contributed by atoms with Crippen LogP contribution in [-0.4, -0.2) is 33.3 Å². The molecule has 0 spiro atoms. The first-order valence-electron chi connectivity index (χ1n) is 8.39. The molecule has 0 bridgehead atoms. The lowest BCUT2D eigenvalue weighted by molar-refractivity contribution is -0.111. The largest absolute Gasteiger partial charge is 0.496 e. The Labute approximate surface area is 154 Å². The Morgan fingerprint density at radius 1 is 1.00 bits per heavy atom. The van der Waals surface area contributed by atoms with Crippen molar-refractivity contribution in [3.05, 3.63) is 59.2 Å². The fraction of sp³-hybridized carbons (Fsp3) is 0.286. The maximum atomic E-state index is 12.3. The standard InChI is InChI=1S/C21H25NO4/c1-15-6-9-19(25-4)17(13-15)7-10-21(23)22-18-8-5-16(2)14-20(18)26-12-11-24-3/h5-10,13-14H,11-12H2,1-4H3,(H,22,23). The molecule has 0 fully saturated rings. The lowest BCUT2D eigenvalue weighted by atomic mass is 10.1. The van der Waals surface area contributed by atoms with Crippen LogP contribution < -0.4 is 14.8 Å². The number of hydrogen-bond acceptors (Lipinski definition) is 4. The van der Waals surface area contributed by atoms with Crippen LogP contribution in [0.25, 0.3) is 6.08 Å². The Balaban J connectivity index is 2.11. The van der Waals surface area contributed by atoms with Gasteiger partial charge in [-0.05, 0) is 49.8 Å². The molecule has 0 aliphatic heterocycles. The van der Waals surface area contributed by atoms with Crippen molar-refractivity contribution < 1.29 is 19.0 Å². The number of ether oxygens (including phenoxy) is 3. The Kier molecular flexibility index (Phi) is 7.24. The van der Waals surface area contributed by atoms with Crippen LogP contribution in [0.2, 0.25) is 0 Å². The minimum Gasteiger partial charge on any atom is -0.496 e. The minimum atomic E-state index is -0.242. The molecule has 138 valence electrons. The van der Waals surface area contributed by atoms with Crippen LogP contribution in [0.1, 0.15) is 16.7 Å². The van der Waals surface area contributed by atoms with Gasteiger partial charge in [0.25, 0.3) is 0 Å². The van der Waals surface area contributed by atoms with Gasteiger partial charge in [0.1, 0.15) is 18.1 Å². The number of methoxy groups -OCH3 is 2.